The Bertz CT molecular complexity index is 1060. The molecule has 1 aliphatic carbocycles. The zero-order valence-electron chi connectivity index (χ0n) is 19.1. The molecule has 0 radical (unpaired) electrons. The van der Waals surface area contributed by atoms with Crippen LogP contribution in [0.4, 0.5) is 16.3 Å². The normalized spacial score (nSPS) is 27.1. The van der Waals surface area contributed by atoms with Crippen molar-refractivity contribution in [2.45, 2.75) is 56.2 Å². The average molecular weight is 474 g/mol. The number of amides is 2. The Morgan fingerprint density at radius 1 is 1.12 bits per heavy atom. The van der Waals surface area contributed by atoms with Gasteiger partial charge in [-0.05, 0) is 57.9 Å². The third-order valence-corrected chi connectivity index (χ3v) is 9.28. The van der Waals surface area contributed by atoms with Crippen LogP contribution in [-0.2, 0) is 4.74 Å². The van der Waals surface area contributed by atoms with Gasteiger partial charge in [0.1, 0.15) is 5.82 Å². The molecule has 0 bridgehead atoms. The Morgan fingerprint density at radius 2 is 1.85 bits per heavy atom. The molecule has 0 spiro atoms. The molecule has 2 amide bonds. The molecule has 10 heteroatoms. The third-order valence-electron chi connectivity index (χ3n) is 6.74. The van der Waals surface area contributed by atoms with Crippen LogP contribution in [0.2, 0.25) is 0 Å². The molecule has 1 aromatic heterocycles. The molecule has 9 nitrogen and oxygen atoms in total. The van der Waals surface area contributed by atoms with Crippen molar-refractivity contribution < 1.29 is 18.6 Å². The summed E-state index contributed by atoms with van der Waals surface area (Å²) in [6.45, 7) is 7.64. The van der Waals surface area contributed by atoms with E-state index in [4.69, 9.17) is 14.7 Å². The van der Waals surface area contributed by atoms with Gasteiger partial charge in [-0.25, -0.2) is 14.8 Å². The molecule has 5 rings (SSSR count). The number of ether oxygens (including phenoxy) is 1. The highest BCUT2D eigenvalue weighted by molar-refractivity contribution is 8.24. The van der Waals surface area contributed by atoms with Crippen molar-refractivity contribution in [2.75, 3.05) is 30.0 Å². The van der Waals surface area contributed by atoms with Crippen LogP contribution >= 0.6 is 10.6 Å². The predicted octanol–water partition coefficient (Wildman–Crippen LogP) is 4.54. The summed E-state index contributed by atoms with van der Waals surface area (Å²) in [5.74, 6) is 1.29. The maximum atomic E-state index is 12.0. The standard InChI is InChI=1S/C23H31N5O4S/c1-13-12-32-11-10-28(13)22-19-14(2)33(30,31)15(3)20(19)26-21(27-22)16-4-6-17(7-5-16)24-23(29)25-18-8-9-18/h4-7,13-15,18,30-31H,8-12H2,1-3H3,(H2,24,25,29). The fourth-order valence-electron chi connectivity index (χ4n) is 4.49. The minimum absolute atomic E-state index is 0.118. The molecule has 2 fully saturated rings. The summed E-state index contributed by atoms with van der Waals surface area (Å²) in [5, 5.41) is 4.86. The molecule has 3 atom stereocenters. The van der Waals surface area contributed by atoms with E-state index in [2.05, 4.69) is 22.5 Å². The van der Waals surface area contributed by atoms with E-state index in [0.717, 1.165) is 29.8 Å². The van der Waals surface area contributed by atoms with E-state index < -0.39 is 21.1 Å². The number of hydrogen-bond donors (Lipinski definition) is 4. The SMILES string of the molecule is CC1COCCN1c1nc(-c2ccc(NC(=O)NC3CC3)cc2)nc2c1C(C)S(O)(O)C2C. The molecule has 4 N–H and O–H groups in total. The fourth-order valence-corrected chi connectivity index (χ4v) is 6.18. The molecular weight excluding hydrogens is 442 g/mol. The second-order valence-corrected chi connectivity index (χ2v) is 11.9. The molecule has 2 aliphatic heterocycles. The number of nitrogens with one attached hydrogen (secondary N) is 2. The molecule has 3 aliphatic rings. The number of morpholine rings is 1. The molecule has 2 aromatic rings. The summed E-state index contributed by atoms with van der Waals surface area (Å²) in [5.41, 5.74) is 3.02. The number of nitrogens with zero attached hydrogens (tertiary/aromatic N) is 3. The van der Waals surface area contributed by atoms with Gasteiger partial charge in [-0.15, -0.1) is 0 Å². The minimum Gasteiger partial charge on any atom is -0.377 e. The van der Waals surface area contributed by atoms with Gasteiger partial charge >= 0.3 is 6.03 Å². The van der Waals surface area contributed by atoms with Crippen LogP contribution in [0.15, 0.2) is 24.3 Å². The lowest BCUT2D eigenvalue weighted by Crippen LogP contribution is -2.44. The summed E-state index contributed by atoms with van der Waals surface area (Å²) in [7, 11) is -2.88. The number of carbonyl (C=O) groups excluding carboxylic acids is 1. The van der Waals surface area contributed by atoms with Crippen molar-refractivity contribution in [1.29, 1.82) is 0 Å². The Labute approximate surface area is 195 Å². The maximum Gasteiger partial charge on any atom is 0.319 e. The number of carbonyl (C=O) groups is 1. The van der Waals surface area contributed by atoms with Gasteiger partial charge < -0.3 is 20.3 Å². The lowest BCUT2D eigenvalue weighted by Gasteiger charge is -2.38. The zero-order chi connectivity index (χ0) is 23.3. The minimum atomic E-state index is -2.88. The van der Waals surface area contributed by atoms with Crippen molar-refractivity contribution in [3.63, 3.8) is 0 Å². The van der Waals surface area contributed by atoms with Crippen LogP contribution < -0.4 is 15.5 Å². The maximum absolute atomic E-state index is 12.0. The molecule has 33 heavy (non-hydrogen) atoms. The molecule has 1 saturated carbocycles. The first-order valence-electron chi connectivity index (χ1n) is 11.5. The van der Waals surface area contributed by atoms with Crippen molar-refractivity contribution in [3.05, 3.63) is 35.5 Å². The van der Waals surface area contributed by atoms with Gasteiger partial charge in [-0.1, -0.05) is 0 Å². The van der Waals surface area contributed by atoms with E-state index >= 15 is 0 Å². The van der Waals surface area contributed by atoms with Crippen LogP contribution in [0.25, 0.3) is 11.4 Å². The van der Waals surface area contributed by atoms with Gasteiger partial charge in [-0.2, -0.15) is 10.6 Å². The van der Waals surface area contributed by atoms with E-state index in [1.807, 2.05) is 38.1 Å². The Morgan fingerprint density at radius 3 is 2.52 bits per heavy atom. The van der Waals surface area contributed by atoms with E-state index in [-0.39, 0.29) is 12.1 Å². The number of anilines is 2. The smallest absolute Gasteiger partial charge is 0.319 e. The zero-order valence-corrected chi connectivity index (χ0v) is 19.9. The number of fused-ring (bicyclic) bond motifs is 1. The van der Waals surface area contributed by atoms with Crippen molar-refractivity contribution in [3.8, 4) is 11.4 Å². The summed E-state index contributed by atoms with van der Waals surface area (Å²) in [4.78, 5) is 23.9. The molecule has 3 unspecified atom stereocenters. The molecular formula is C23H31N5O4S. The quantitative estimate of drug-likeness (QED) is 0.515. The lowest BCUT2D eigenvalue weighted by molar-refractivity contribution is 0.0984. The van der Waals surface area contributed by atoms with Crippen LogP contribution in [0.3, 0.4) is 0 Å². The van der Waals surface area contributed by atoms with Crippen LogP contribution in [0.5, 0.6) is 0 Å². The van der Waals surface area contributed by atoms with Gasteiger partial charge in [0, 0.05) is 29.4 Å². The van der Waals surface area contributed by atoms with E-state index in [9.17, 15) is 13.9 Å². The highest BCUT2D eigenvalue weighted by Gasteiger charge is 2.45. The van der Waals surface area contributed by atoms with Gasteiger partial charge in [0.25, 0.3) is 0 Å². The summed E-state index contributed by atoms with van der Waals surface area (Å²) >= 11 is 0. The first-order chi connectivity index (χ1) is 15.8. The number of hydrogen-bond acceptors (Lipinski definition) is 7. The predicted molar refractivity (Wildman–Crippen MR) is 130 cm³/mol. The summed E-state index contributed by atoms with van der Waals surface area (Å²) in [6, 6.07) is 7.62. The highest BCUT2D eigenvalue weighted by atomic mass is 32.3. The van der Waals surface area contributed by atoms with E-state index in [1.54, 1.807) is 0 Å². The van der Waals surface area contributed by atoms with Gasteiger partial charge in [0.2, 0.25) is 0 Å². The second-order valence-electron chi connectivity index (χ2n) is 9.16. The fraction of sp³-hybridized carbons (Fsp3) is 0.522. The molecule has 3 heterocycles. The van der Waals surface area contributed by atoms with E-state index in [1.165, 1.54) is 0 Å². The number of urea groups is 1. The van der Waals surface area contributed by atoms with Crippen molar-refractivity contribution in [2.24, 2.45) is 0 Å². The topological polar surface area (TPSA) is 120 Å². The van der Waals surface area contributed by atoms with Crippen LogP contribution in [0.1, 0.15) is 55.4 Å². The highest BCUT2D eigenvalue weighted by Crippen LogP contribution is 2.70. The molecule has 1 saturated heterocycles. The van der Waals surface area contributed by atoms with E-state index in [0.29, 0.717) is 43.0 Å². The van der Waals surface area contributed by atoms with Crippen LogP contribution in [-0.4, -0.2) is 56.9 Å². The molecule has 178 valence electrons. The lowest BCUT2D eigenvalue weighted by atomic mass is 10.1. The summed E-state index contributed by atoms with van der Waals surface area (Å²) < 4.78 is 27.4. The van der Waals surface area contributed by atoms with Crippen molar-refractivity contribution in [1.82, 2.24) is 15.3 Å². The van der Waals surface area contributed by atoms with Crippen LogP contribution in [0, 0.1) is 0 Å². The summed E-state index contributed by atoms with van der Waals surface area (Å²) in [6.07, 6.45) is 2.07. The van der Waals surface area contributed by atoms with Crippen molar-refractivity contribution >= 4 is 28.1 Å². The number of benzene rings is 1. The number of rotatable bonds is 4. The largest absolute Gasteiger partial charge is 0.377 e. The van der Waals surface area contributed by atoms with Gasteiger partial charge in [0.15, 0.2) is 5.82 Å². The Balaban J connectivity index is 1.50. The van der Waals surface area contributed by atoms with Gasteiger partial charge in [0.05, 0.1) is 35.4 Å². The average Bonchev–Trinajstić information content (AvgIpc) is 3.59. The Kier molecular flexibility index (Phi) is 5.72. The Hall–Kier alpha value is -2.40. The second kappa shape index (κ2) is 8.43. The van der Waals surface area contributed by atoms with Gasteiger partial charge in [-0.3, -0.25) is 9.11 Å². The molecule has 1 aromatic carbocycles. The third kappa shape index (κ3) is 4.16. The first-order valence-corrected chi connectivity index (χ1v) is 13.1. The monoisotopic (exact) mass is 473 g/mol. The number of aromatic nitrogens is 2. The first kappa shape index (κ1) is 22.4.